The molecule has 1 fully saturated rings. The lowest BCUT2D eigenvalue weighted by Gasteiger charge is -2.28. The van der Waals surface area contributed by atoms with Crippen LogP contribution in [0.2, 0.25) is 0 Å². The molecule has 0 aromatic heterocycles. The maximum absolute atomic E-state index is 13.1. The lowest BCUT2D eigenvalue weighted by molar-refractivity contribution is -0.157. The molecule has 1 amide bonds. The van der Waals surface area contributed by atoms with E-state index in [1.807, 2.05) is 42.5 Å². The van der Waals surface area contributed by atoms with E-state index in [-0.39, 0.29) is 24.2 Å². The van der Waals surface area contributed by atoms with Gasteiger partial charge in [-0.25, -0.2) is 0 Å². The first-order valence-electron chi connectivity index (χ1n) is 7.49. The first-order valence-corrected chi connectivity index (χ1v) is 9.07. The Balaban J connectivity index is 1.95. The fraction of sp³-hybridized carbons (Fsp3) is 0.222. The van der Waals surface area contributed by atoms with Gasteiger partial charge < -0.3 is 9.64 Å². The molecule has 0 saturated carbocycles. The second-order valence-electron chi connectivity index (χ2n) is 6.05. The van der Waals surface area contributed by atoms with Crippen LogP contribution in [0.15, 0.2) is 51.4 Å². The van der Waals surface area contributed by atoms with Crippen LogP contribution in [-0.2, 0) is 19.9 Å². The number of para-hydroxylation sites is 1. The van der Waals surface area contributed by atoms with E-state index >= 15 is 0 Å². The van der Waals surface area contributed by atoms with Gasteiger partial charge in [0.2, 0.25) is 5.60 Å². The highest BCUT2D eigenvalue weighted by Crippen LogP contribution is 2.55. The van der Waals surface area contributed by atoms with Crippen LogP contribution in [0.1, 0.15) is 23.5 Å². The van der Waals surface area contributed by atoms with Crippen LogP contribution in [0.5, 0.6) is 0 Å². The van der Waals surface area contributed by atoms with Crippen LogP contribution in [0.3, 0.4) is 0 Å². The van der Waals surface area contributed by atoms with E-state index in [9.17, 15) is 9.59 Å². The van der Waals surface area contributed by atoms with Gasteiger partial charge in [-0.05, 0) is 29.8 Å². The van der Waals surface area contributed by atoms with E-state index in [0.29, 0.717) is 0 Å². The van der Waals surface area contributed by atoms with Crippen molar-refractivity contribution in [1.82, 2.24) is 0 Å². The number of anilines is 1. The van der Waals surface area contributed by atoms with Crippen molar-refractivity contribution in [3.63, 3.8) is 0 Å². The molecule has 0 unspecified atom stereocenters. The second kappa shape index (κ2) is 5.43. The zero-order chi connectivity index (χ0) is 17.1. The van der Waals surface area contributed by atoms with Crippen molar-refractivity contribution in [2.45, 2.75) is 17.9 Å². The maximum Gasteiger partial charge on any atom is 0.308 e. The summed E-state index contributed by atoms with van der Waals surface area (Å²) in [5.74, 6) is -0.914. The van der Waals surface area contributed by atoms with Gasteiger partial charge in [0.05, 0.1) is 12.1 Å². The summed E-state index contributed by atoms with van der Waals surface area (Å²) in [7, 11) is 1.72. The third kappa shape index (κ3) is 2.09. The van der Waals surface area contributed by atoms with E-state index in [0.717, 1.165) is 25.8 Å². The van der Waals surface area contributed by atoms with Crippen molar-refractivity contribution in [2.24, 2.45) is 0 Å². The molecule has 0 aliphatic carbocycles. The monoisotopic (exact) mass is 449 g/mol. The van der Waals surface area contributed by atoms with Gasteiger partial charge in [-0.15, -0.1) is 0 Å². The van der Waals surface area contributed by atoms with E-state index in [2.05, 4.69) is 31.9 Å². The number of amides is 1. The topological polar surface area (TPSA) is 46.6 Å². The largest absolute Gasteiger partial charge is 0.443 e. The Morgan fingerprint density at radius 1 is 1.12 bits per heavy atom. The highest BCUT2D eigenvalue weighted by Gasteiger charge is 2.62. The smallest absolute Gasteiger partial charge is 0.308 e. The molecular weight excluding hydrogens is 438 g/mol. The number of carbonyl (C=O) groups is 2. The van der Waals surface area contributed by atoms with Crippen LogP contribution >= 0.6 is 31.9 Å². The lowest BCUT2D eigenvalue weighted by atomic mass is 9.78. The summed E-state index contributed by atoms with van der Waals surface area (Å²) in [5, 5.41) is 0. The van der Waals surface area contributed by atoms with Gasteiger partial charge in [-0.3, -0.25) is 9.59 Å². The van der Waals surface area contributed by atoms with Crippen molar-refractivity contribution >= 4 is 49.4 Å². The predicted octanol–water partition coefficient (Wildman–Crippen LogP) is 4.11. The van der Waals surface area contributed by atoms with Crippen LogP contribution in [-0.4, -0.2) is 18.9 Å². The number of hydrogen-bond donors (Lipinski definition) is 0. The molecule has 6 heteroatoms. The van der Waals surface area contributed by atoms with Crippen molar-refractivity contribution in [2.75, 3.05) is 11.9 Å². The second-order valence-corrected chi connectivity index (χ2v) is 7.88. The Morgan fingerprint density at radius 2 is 1.79 bits per heavy atom. The zero-order valence-corrected chi connectivity index (χ0v) is 15.9. The standard InChI is InChI=1S/C18H13Br2NO3/c1-21-15-5-3-2-4-13(15)18(17(21)23)14(9-16(22)24-18)10-6-11(19)8-12(20)7-10/h2-8,14H,9H2,1H3/t14-,18+/m1/s1. The number of halogens is 2. The summed E-state index contributed by atoms with van der Waals surface area (Å²) in [5.41, 5.74) is 1.16. The van der Waals surface area contributed by atoms with Crippen molar-refractivity contribution < 1.29 is 14.3 Å². The normalized spacial score (nSPS) is 25.3. The zero-order valence-electron chi connectivity index (χ0n) is 12.8. The number of likely N-dealkylation sites (N-methyl/N-ethyl adjacent to an activating group) is 1. The Kier molecular flexibility index (Phi) is 3.58. The molecule has 0 bridgehead atoms. The molecule has 1 spiro atoms. The summed E-state index contributed by atoms with van der Waals surface area (Å²) in [6.45, 7) is 0. The van der Waals surface area contributed by atoms with Gasteiger partial charge in [0, 0.05) is 27.5 Å². The summed E-state index contributed by atoms with van der Waals surface area (Å²) in [4.78, 5) is 26.9. The average Bonchev–Trinajstić information content (AvgIpc) is 2.99. The Labute approximate surface area is 156 Å². The number of rotatable bonds is 1. The number of carbonyl (C=O) groups excluding carboxylic acids is 2. The molecule has 2 aliphatic heterocycles. The molecule has 122 valence electrons. The van der Waals surface area contributed by atoms with Gasteiger partial charge >= 0.3 is 5.97 Å². The molecule has 2 atom stereocenters. The molecule has 2 aliphatic rings. The molecule has 4 rings (SSSR count). The fourth-order valence-electron chi connectivity index (χ4n) is 3.72. The van der Waals surface area contributed by atoms with E-state index < -0.39 is 5.60 Å². The van der Waals surface area contributed by atoms with Crippen LogP contribution in [0.25, 0.3) is 0 Å². The van der Waals surface area contributed by atoms with E-state index in [4.69, 9.17) is 4.74 Å². The highest BCUT2D eigenvalue weighted by molar-refractivity contribution is 9.11. The predicted molar refractivity (Wildman–Crippen MR) is 96.8 cm³/mol. The SMILES string of the molecule is CN1C(=O)[C@]2(OC(=O)C[C@@H]2c2cc(Br)cc(Br)c2)c2ccccc21. The molecule has 24 heavy (non-hydrogen) atoms. The number of ether oxygens (including phenoxy) is 1. The Hall–Kier alpha value is -1.66. The summed E-state index contributed by atoms with van der Waals surface area (Å²) in [6, 6.07) is 13.3. The first kappa shape index (κ1) is 15.8. The minimum absolute atomic E-state index is 0.177. The molecule has 2 aromatic rings. The number of esters is 1. The average molecular weight is 451 g/mol. The van der Waals surface area contributed by atoms with Gasteiger partial charge in [-0.2, -0.15) is 0 Å². The molecule has 2 heterocycles. The van der Waals surface area contributed by atoms with Gasteiger partial charge in [0.25, 0.3) is 5.91 Å². The maximum atomic E-state index is 13.1. The number of benzene rings is 2. The molecule has 0 N–H and O–H groups in total. The van der Waals surface area contributed by atoms with Gasteiger partial charge in [0.15, 0.2) is 0 Å². The van der Waals surface area contributed by atoms with Crippen LogP contribution < -0.4 is 4.90 Å². The van der Waals surface area contributed by atoms with Gasteiger partial charge in [-0.1, -0.05) is 50.1 Å². The minimum atomic E-state index is -1.28. The lowest BCUT2D eigenvalue weighted by Crippen LogP contribution is -2.42. The van der Waals surface area contributed by atoms with Crippen molar-refractivity contribution in [3.05, 3.63) is 62.5 Å². The number of hydrogen-bond acceptors (Lipinski definition) is 3. The van der Waals surface area contributed by atoms with Crippen LogP contribution in [0.4, 0.5) is 5.69 Å². The fourth-order valence-corrected chi connectivity index (χ4v) is 5.05. The third-order valence-corrected chi connectivity index (χ3v) is 5.63. The number of nitrogens with zero attached hydrogens (tertiary/aromatic N) is 1. The molecule has 4 nitrogen and oxygen atoms in total. The first-order chi connectivity index (χ1) is 11.4. The Morgan fingerprint density at radius 3 is 2.50 bits per heavy atom. The minimum Gasteiger partial charge on any atom is -0.443 e. The quantitative estimate of drug-likeness (QED) is 0.614. The number of fused-ring (bicyclic) bond motifs is 2. The van der Waals surface area contributed by atoms with E-state index in [1.54, 1.807) is 11.9 Å². The summed E-state index contributed by atoms with van der Waals surface area (Å²) < 4.78 is 7.47. The third-order valence-electron chi connectivity index (χ3n) is 4.71. The van der Waals surface area contributed by atoms with Crippen molar-refractivity contribution in [1.29, 1.82) is 0 Å². The molecule has 2 aromatic carbocycles. The van der Waals surface area contributed by atoms with Crippen LogP contribution in [0, 0.1) is 0 Å². The van der Waals surface area contributed by atoms with Crippen molar-refractivity contribution in [3.8, 4) is 0 Å². The Bertz CT molecular complexity index is 862. The summed E-state index contributed by atoms with van der Waals surface area (Å²) in [6.07, 6.45) is 0.177. The molecule has 0 radical (unpaired) electrons. The van der Waals surface area contributed by atoms with E-state index in [1.165, 1.54) is 0 Å². The summed E-state index contributed by atoms with van der Waals surface area (Å²) >= 11 is 6.96. The molecular formula is C18H13Br2NO3. The molecule has 1 saturated heterocycles. The highest BCUT2D eigenvalue weighted by atomic mass is 79.9. The van der Waals surface area contributed by atoms with Gasteiger partial charge in [0.1, 0.15) is 0 Å².